The topological polar surface area (TPSA) is 18.5 Å². The summed E-state index contributed by atoms with van der Waals surface area (Å²) in [7, 11) is 0. The number of ether oxygens (including phenoxy) is 2. The van der Waals surface area contributed by atoms with E-state index in [9.17, 15) is 0 Å². The van der Waals surface area contributed by atoms with Crippen molar-refractivity contribution >= 4 is 0 Å². The van der Waals surface area contributed by atoms with Gasteiger partial charge in [0.05, 0.1) is 13.2 Å². The summed E-state index contributed by atoms with van der Waals surface area (Å²) < 4.78 is 11.5. The summed E-state index contributed by atoms with van der Waals surface area (Å²) in [5.74, 6) is 0. The highest BCUT2D eigenvalue weighted by Gasteiger charge is 1.96. The largest absolute Gasteiger partial charge is 0.377 e. The lowest BCUT2D eigenvalue weighted by Crippen LogP contribution is -1.95. The summed E-state index contributed by atoms with van der Waals surface area (Å²) in [6, 6.07) is 20.9. The lowest BCUT2D eigenvalue weighted by atomic mass is 10.1. The second-order valence-corrected chi connectivity index (χ2v) is 10.1. The van der Waals surface area contributed by atoms with Crippen LogP contribution < -0.4 is 0 Å². The van der Waals surface area contributed by atoms with E-state index in [1.165, 1.54) is 114 Å². The molecule has 2 nitrogen and oxygen atoms in total. The van der Waals surface area contributed by atoms with Crippen molar-refractivity contribution in [1.29, 1.82) is 0 Å². The van der Waals surface area contributed by atoms with Gasteiger partial charge in [0.1, 0.15) is 0 Å². The molecule has 0 spiro atoms. The predicted molar refractivity (Wildman–Crippen MR) is 155 cm³/mol. The van der Waals surface area contributed by atoms with Crippen LogP contribution in [0.25, 0.3) is 0 Å². The molecule has 0 fully saturated rings. The second-order valence-electron chi connectivity index (χ2n) is 10.1. The van der Waals surface area contributed by atoms with E-state index < -0.39 is 0 Å². The third-order valence-corrected chi connectivity index (χ3v) is 6.71. The second kappa shape index (κ2) is 23.5. The molecule has 0 aliphatic rings. The maximum Gasteiger partial charge on any atom is 0.0716 e. The molecule has 2 rings (SSSR count). The zero-order valence-electron chi connectivity index (χ0n) is 22.9. The Kier molecular flexibility index (Phi) is 19.8. The van der Waals surface area contributed by atoms with Gasteiger partial charge in [0, 0.05) is 13.2 Å². The molecule has 2 aromatic rings. The maximum atomic E-state index is 5.76. The van der Waals surface area contributed by atoms with Crippen LogP contribution in [0.15, 0.2) is 72.8 Å². The van der Waals surface area contributed by atoms with Gasteiger partial charge in [-0.2, -0.15) is 0 Å². The summed E-state index contributed by atoms with van der Waals surface area (Å²) in [6.45, 7) is 3.29. The smallest absolute Gasteiger partial charge is 0.0716 e. The molecular weight excluding hydrogens is 440 g/mol. The first kappa shape index (κ1) is 30.3. The van der Waals surface area contributed by atoms with E-state index in [1.54, 1.807) is 0 Å². The number of allylic oxidation sites excluding steroid dienone is 2. The van der Waals surface area contributed by atoms with Crippen LogP contribution in [-0.2, 0) is 22.7 Å². The Morgan fingerprint density at radius 2 is 0.722 bits per heavy atom. The number of benzene rings is 2. The fourth-order valence-electron chi connectivity index (χ4n) is 4.46. The minimum Gasteiger partial charge on any atom is -0.377 e. The van der Waals surface area contributed by atoms with E-state index in [0.717, 1.165) is 26.4 Å². The van der Waals surface area contributed by atoms with Crippen molar-refractivity contribution in [2.45, 2.75) is 116 Å². The van der Waals surface area contributed by atoms with E-state index in [0.29, 0.717) is 0 Å². The Balaban J connectivity index is 1.21. The molecule has 0 saturated carbocycles. The van der Waals surface area contributed by atoms with Crippen LogP contribution in [-0.4, -0.2) is 13.2 Å². The van der Waals surface area contributed by atoms with Crippen LogP contribution >= 0.6 is 0 Å². The van der Waals surface area contributed by atoms with Gasteiger partial charge in [-0.15, -0.1) is 0 Å². The zero-order valence-corrected chi connectivity index (χ0v) is 22.9. The molecule has 0 aliphatic heterocycles. The van der Waals surface area contributed by atoms with Gasteiger partial charge in [-0.3, -0.25) is 0 Å². The Morgan fingerprint density at radius 3 is 1.11 bits per heavy atom. The summed E-state index contributed by atoms with van der Waals surface area (Å²) in [5.41, 5.74) is 2.55. The average Bonchev–Trinajstić information content (AvgIpc) is 2.92. The molecule has 0 aliphatic carbocycles. The molecule has 36 heavy (non-hydrogen) atoms. The van der Waals surface area contributed by atoms with Crippen LogP contribution in [0.4, 0.5) is 0 Å². The maximum absolute atomic E-state index is 5.76. The number of rotatable bonds is 24. The highest BCUT2D eigenvalue weighted by Crippen LogP contribution is 2.12. The first-order valence-corrected chi connectivity index (χ1v) is 14.8. The Bertz CT molecular complexity index is 662. The highest BCUT2D eigenvalue weighted by atomic mass is 16.5. The van der Waals surface area contributed by atoms with Gasteiger partial charge >= 0.3 is 0 Å². The van der Waals surface area contributed by atoms with Gasteiger partial charge < -0.3 is 9.47 Å². The standard InChI is InChI=1S/C34H52O2/c1(3-5-7-9-11-13-15-23-29-35-31-33-25-19-17-20-26-33)2-4-6-8-10-12-14-16-24-30-36-32-34-27-21-18-22-28-34/h1-2,17-22,25-28H,3-16,23-24,29-32H2. The third kappa shape index (κ3) is 18.4. The summed E-state index contributed by atoms with van der Waals surface area (Å²) in [4.78, 5) is 0. The fraction of sp³-hybridized carbons (Fsp3) is 0.588. The molecule has 2 aromatic carbocycles. The molecule has 2 heteroatoms. The van der Waals surface area contributed by atoms with Gasteiger partial charge in [-0.05, 0) is 49.7 Å². The molecule has 0 saturated heterocycles. The lowest BCUT2D eigenvalue weighted by molar-refractivity contribution is 0.116. The summed E-state index contributed by atoms with van der Waals surface area (Å²) >= 11 is 0. The summed E-state index contributed by atoms with van der Waals surface area (Å²) in [5, 5.41) is 0. The molecule has 0 unspecified atom stereocenters. The van der Waals surface area contributed by atoms with Gasteiger partial charge in [0.2, 0.25) is 0 Å². The van der Waals surface area contributed by atoms with E-state index in [2.05, 4.69) is 72.8 Å². The van der Waals surface area contributed by atoms with E-state index in [4.69, 9.17) is 9.47 Å². The van der Waals surface area contributed by atoms with Crippen LogP contribution in [0.3, 0.4) is 0 Å². The zero-order chi connectivity index (χ0) is 25.2. The van der Waals surface area contributed by atoms with Crippen molar-refractivity contribution < 1.29 is 9.47 Å². The molecule has 0 bridgehead atoms. The minimum atomic E-state index is 0.751. The predicted octanol–water partition coefficient (Wildman–Crippen LogP) is 10.2. The monoisotopic (exact) mass is 492 g/mol. The average molecular weight is 493 g/mol. The number of hydrogen-bond acceptors (Lipinski definition) is 2. The van der Waals surface area contributed by atoms with Crippen molar-refractivity contribution in [3.8, 4) is 0 Å². The summed E-state index contributed by atoms with van der Waals surface area (Å²) in [6.07, 6.45) is 26.1. The van der Waals surface area contributed by atoms with Gasteiger partial charge in [-0.25, -0.2) is 0 Å². The fourth-order valence-corrected chi connectivity index (χ4v) is 4.46. The molecular formula is C34H52O2. The first-order valence-electron chi connectivity index (χ1n) is 14.8. The van der Waals surface area contributed by atoms with Crippen LogP contribution in [0.2, 0.25) is 0 Å². The molecule has 0 radical (unpaired) electrons. The normalized spacial score (nSPS) is 11.4. The highest BCUT2D eigenvalue weighted by molar-refractivity contribution is 5.14. The number of hydrogen-bond donors (Lipinski definition) is 0. The van der Waals surface area contributed by atoms with E-state index in [1.807, 2.05) is 0 Å². The van der Waals surface area contributed by atoms with Crippen molar-refractivity contribution in [2.75, 3.05) is 13.2 Å². The molecule has 0 N–H and O–H groups in total. The molecule has 0 aromatic heterocycles. The van der Waals surface area contributed by atoms with Gasteiger partial charge in [-0.1, -0.05) is 137 Å². The Hall–Kier alpha value is -1.90. The quantitative estimate of drug-likeness (QED) is 0.107. The van der Waals surface area contributed by atoms with Crippen LogP contribution in [0.1, 0.15) is 114 Å². The van der Waals surface area contributed by atoms with Crippen molar-refractivity contribution in [2.24, 2.45) is 0 Å². The lowest BCUT2D eigenvalue weighted by Gasteiger charge is -2.05. The van der Waals surface area contributed by atoms with Crippen LogP contribution in [0, 0.1) is 0 Å². The van der Waals surface area contributed by atoms with Gasteiger partial charge in [0.15, 0.2) is 0 Å². The molecule has 0 atom stereocenters. The van der Waals surface area contributed by atoms with E-state index >= 15 is 0 Å². The Labute approximate surface area is 222 Å². The molecule has 200 valence electrons. The van der Waals surface area contributed by atoms with E-state index in [-0.39, 0.29) is 0 Å². The van der Waals surface area contributed by atoms with Crippen LogP contribution in [0.5, 0.6) is 0 Å². The minimum absolute atomic E-state index is 0.751. The van der Waals surface area contributed by atoms with Gasteiger partial charge in [0.25, 0.3) is 0 Å². The number of unbranched alkanes of at least 4 members (excludes halogenated alkanes) is 14. The van der Waals surface area contributed by atoms with Crippen molar-refractivity contribution in [1.82, 2.24) is 0 Å². The molecule has 0 amide bonds. The Morgan fingerprint density at radius 1 is 0.389 bits per heavy atom. The third-order valence-electron chi connectivity index (χ3n) is 6.71. The first-order chi connectivity index (χ1) is 17.9. The van der Waals surface area contributed by atoms with Crippen molar-refractivity contribution in [3.05, 3.63) is 83.9 Å². The van der Waals surface area contributed by atoms with Crippen molar-refractivity contribution in [3.63, 3.8) is 0 Å². The SMILES string of the molecule is C(=CCCCCCCCCCOCc1ccccc1)CCCCCCCCCOCc1ccccc1. The molecule has 0 heterocycles.